The van der Waals surface area contributed by atoms with Crippen molar-refractivity contribution in [3.8, 4) is 0 Å². The number of esters is 1. The fourth-order valence-electron chi connectivity index (χ4n) is 1.28. The zero-order chi connectivity index (χ0) is 13.7. The van der Waals surface area contributed by atoms with E-state index in [1.54, 1.807) is 0 Å². The maximum atomic E-state index is 11.1. The van der Waals surface area contributed by atoms with E-state index in [1.807, 2.05) is 0 Å². The van der Waals surface area contributed by atoms with Crippen molar-refractivity contribution in [3.05, 3.63) is 28.8 Å². The molecular weight excluding hydrogens is 278 g/mol. The second-order valence-corrected chi connectivity index (χ2v) is 3.92. The Morgan fingerprint density at radius 3 is 2.72 bits per heavy atom. The molecular formula is C11H10ClNO4S. The molecule has 2 unspecified atom stereocenters. The van der Waals surface area contributed by atoms with Crippen LogP contribution < -0.4 is 0 Å². The summed E-state index contributed by atoms with van der Waals surface area (Å²) in [5, 5.41) is 21.6. The van der Waals surface area contributed by atoms with Crippen LogP contribution in [0.2, 0.25) is 5.02 Å². The zero-order valence-electron chi connectivity index (χ0n) is 9.33. The van der Waals surface area contributed by atoms with Gasteiger partial charge in [0.1, 0.15) is 6.10 Å². The van der Waals surface area contributed by atoms with E-state index in [2.05, 4.69) is 27.1 Å². The van der Waals surface area contributed by atoms with E-state index < -0.39 is 18.2 Å². The molecule has 0 saturated heterocycles. The van der Waals surface area contributed by atoms with Crippen LogP contribution in [0, 0.1) is 0 Å². The van der Waals surface area contributed by atoms with Crippen LogP contribution in [0.4, 0.5) is 5.69 Å². The molecule has 0 amide bonds. The Morgan fingerprint density at radius 2 is 2.22 bits per heavy atom. The second kappa shape index (κ2) is 6.58. The minimum absolute atomic E-state index is 0.223. The van der Waals surface area contributed by atoms with Gasteiger partial charge in [-0.2, -0.15) is 4.99 Å². The number of aliphatic hydroxyl groups is 2. The summed E-state index contributed by atoms with van der Waals surface area (Å²) >= 11 is 10.3. The van der Waals surface area contributed by atoms with Crippen molar-refractivity contribution in [3.63, 3.8) is 0 Å². The van der Waals surface area contributed by atoms with Crippen molar-refractivity contribution in [1.82, 2.24) is 0 Å². The summed E-state index contributed by atoms with van der Waals surface area (Å²) < 4.78 is 4.32. The Morgan fingerprint density at radius 1 is 1.56 bits per heavy atom. The lowest BCUT2D eigenvalue weighted by molar-refractivity contribution is -0.156. The van der Waals surface area contributed by atoms with Crippen molar-refractivity contribution < 1.29 is 19.7 Å². The van der Waals surface area contributed by atoms with Crippen LogP contribution in [0.25, 0.3) is 0 Å². The van der Waals surface area contributed by atoms with Crippen molar-refractivity contribution in [2.24, 2.45) is 4.99 Å². The van der Waals surface area contributed by atoms with Gasteiger partial charge in [-0.3, -0.25) is 0 Å². The van der Waals surface area contributed by atoms with Crippen LogP contribution in [0.3, 0.4) is 0 Å². The lowest BCUT2D eigenvalue weighted by Crippen LogP contribution is -2.28. The molecule has 1 aromatic carbocycles. The Balaban J connectivity index is 3.00. The highest BCUT2D eigenvalue weighted by Gasteiger charge is 2.26. The quantitative estimate of drug-likeness (QED) is 0.500. The summed E-state index contributed by atoms with van der Waals surface area (Å²) in [7, 11) is 1.11. The number of ether oxygens (including phenoxy) is 1. The molecule has 0 heterocycles. The molecule has 1 aromatic rings. The Bertz CT molecular complexity index is 502. The molecule has 0 spiro atoms. The van der Waals surface area contributed by atoms with Gasteiger partial charge in [-0.25, -0.2) is 4.79 Å². The number of thiocarbonyl (C=S) groups is 1. The van der Waals surface area contributed by atoms with Gasteiger partial charge in [-0.15, -0.1) is 0 Å². The summed E-state index contributed by atoms with van der Waals surface area (Å²) in [6.45, 7) is 0. The van der Waals surface area contributed by atoms with Crippen LogP contribution >= 0.6 is 23.8 Å². The summed E-state index contributed by atoms with van der Waals surface area (Å²) in [4.78, 5) is 14.8. The summed E-state index contributed by atoms with van der Waals surface area (Å²) in [6.07, 6.45) is -3.11. The molecule has 7 heteroatoms. The molecule has 0 saturated carbocycles. The third kappa shape index (κ3) is 3.35. The number of carbonyl (C=O) groups excluding carboxylic acids is 1. The van der Waals surface area contributed by atoms with Crippen LogP contribution in [-0.2, 0) is 9.53 Å². The first-order chi connectivity index (χ1) is 8.51. The predicted molar refractivity (Wildman–Crippen MR) is 69.1 cm³/mol. The maximum absolute atomic E-state index is 11.1. The first-order valence-electron chi connectivity index (χ1n) is 4.82. The van der Waals surface area contributed by atoms with Crippen molar-refractivity contribution in [2.75, 3.05) is 7.11 Å². The number of methoxy groups -OCH3 is 1. The molecule has 0 aliphatic heterocycles. The van der Waals surface area contributed by atoms with E-state index in [0.29, 0.717) is 5.69 Å². The zero-order valence-corrected chi connectivity index (χ0v) is 10.9. The highest BCUT2D eigenvalue weighted by atomic mass is 35.5. The number of carbonyl (C=O) groups is 1. The SMILES string of the molecule is COC(=O)C(O)C(O)c1ccc(N=C=S)c(Cl)c1. The number of isothiocyanates is 1. The van der Waals surface area contributed by atoms with Crippen molar-refractivity contribution >= 4 is 40.6 Å². The van der Waals surface area contributed by atoms with Gasteiger partial charge in [0.15, 0.2) is 6.10 Å². The minimum Gasteiger partial charge on any atom is -0.467 e. The van der Waals surface area contributed by atoms with Crippen LogP contribution in [0.5, 0.6) is 0 Å². The number of aliphatic imine (C=N–C) groups is 1. The number of rotatable bonds is 4. The molecule has 0 aliphatic rings. The molecule has 1 rings (SSSR count). The number of nitrogens with zero attached hydrogens (tertiary/aromatic N) is 1. The normalized spacial score (nSPS) is 13.3. The van der Waals surface area contributed by atoms with Gasteiger partial charge in [0.2, 0.25) is 0 Å². The average Bonchev–Trinajstić information content (AvgIpc) is 2.38. The fourth-order valence-corrected chi connectivity index (χ4v) is 1.61. The first kappa shape index (κ1) is 14.8. The van der Waals surface area contributed by atoms with Crippen LogP contribution in [-0.4, -0.2) is 34.6 Å². The summed E-state index contributed by atoms with van der Waals surface area (Å²) in [6, 6.07) is 4.34. The van der Waals surface area contributed by atoms with Crippen LogP contribution in [0.1, 0.15) is 11.7 Å². The van der Waals surface area contributed by atoms with Crippen LogP contribution in [0.15, 0.2) is 23.2 Å². The van der Waals surface area contributed by atoms with Gasteiger partial charge in [-0.1, -0.05) is 17.7 Å². The summed E-state index contributed by atoms with van der Waals surface area (Å²) in [5.41, 5.74) is 0.649. The van der Waals surface area contributed by atoms with E-state index in [1.165, 1.54) is 18.2 Å². The number of hydrogen-bond donors (Lipinski definition) is 2. The monoisotopic (exact) mass is 287 g/mol. The fraction of sp³-hybridized carbons (Fsp3) is 0.273. The van der Waals surface area contributed by atoms with Gasteiger partial charge < -0.3 is 14.9 Å². The van der Waals surface area contributed by atoms with Gasteiger partial charge >= 0.3 is 5.97 Å². The topological polar surface area (TPSA) is 79.1 Å². The number of benzene rings is 1. The Labute approximate surface area is 114 Å². The molecule has 2 atom stereocenters. The molecule has 2 N–H and O–H groups in total. The van der Waals surface area contributed by atoms with E-state index in [4.69, 9.17) is 11.6 Å². The Hall–Kier alpha value is -1.30. The molecule has 18 heavy (non-hydrogen) atoms. The predicted octanol–water partition coefficient (Wildman–Crippen LogP) is 1.64. The lowest BCUT2D eigenvalue weighted by atomic mass is 10.0. The third-order valence-corrected chi connectivity index (χ3v) is 2.62. The van der Waals surface area contributed by atoms with Gasteiger partial charge in [0.05, 0.1) is 23.0 Å². The molecule has 5 nitrogen and oxygen atoms in total. The molecule has 0 fully saturated rings. The largest absolute Gasteiger partial charge is 0.467 e. The summed E-state index contributed by atoms with van der Waals surface area (Å²) in [5.74, 6) is -0.931. The highest BCUT2D eigenvalue weighted by Crippen LogP contribution is 2.29. The van der Waals surface area contributed by atoms with E-state index in [9.17, 15) is 15.0 Å². The molecule has 0 bridgehead atoms. The van der Waals surface area contributed by atoms with Gasteiger partial charge in [0.25, 0.3) is 0 Å². The average molecular weight is 288 g/mol. The smallest absolute Gasteiger partial charge is 0.337 e. The van der Waals surface area contributed by atoms with Gasteiger partial charge in [0, 0.05) is 0 Å². The van der Waals surface area contributed by atoms with Gasteiger partial charge in [-0.05, 0) is 29.9 Å². The molecule has 0 aliphatic carbocycles. The lowest BCUT2D eigenvalue weighted by Gasteiger charge is -2.16. The number of halogens is 1. The third-order valence-electron chi connectivity index (χ3n) is 2.22. The molecule has 0 radical (unpaired) electrons. The van der Waals surface area contributed by atoms with E-state index >= 15 is 0 Å². The minimum atomic E-state index is -1.68. The van der Waals surface area contributed by atoms with E-state index in [-0.39, 0.29) is 10.6 Å². The maximum Gasteiger partial charge on any atom is 0.337 e. The second-order valence-electron chi connectivity index (χ2n) is 3.33. The number of hydrogen-bond acceptors (Lipinski definition) is 6. The molecule has 96 valence electrons. The standard InChI is InChI=1S/C11H10ClNO4S/c1-17-11(16)10(15)9(14)6-2-3-8(13-5-18)7(12)4-6/h2-4,9-10,14-15H,1H3. The van der Waals surface area contributed by atoms with Crippen molar-refractivity contribution in [1.29, 1.82) is 0 Å². The Kier molecular flexibility index (Phi) is 5.40. The highest BCUT2D eigenvalue weighted by molar-refractivity contribution is 7.78. The first-order valence-corrected chi connectivity index (χ1v) is 5.61. The van der Waals surface area contributed by atoms with Crippen molar-refractivity contribution in [2.45, 2.75) is 12.2 Å². The number of aliphatic hydroxyl groups excluding tert-OH is 2. The van der Waals surface area contributed by atoms with E-state index in [0.717, 1.165) is 7.11 Å². The molecule has 0 aromatic heterocycles.